The highest BCUT2D eigenvalue weighted by atomic mass is 35.5. The molecule has 0 saturated carbocycles. The van der Waals surface area contributed by atoms with Gasteiger partial charge in [-0.3, -0.25) is 4.57 Å². The average Bonchev–Trinajstić information content (AvgIpc) is 2.04. The summed E-state index contributed by atoms with van der Waals surface area (Å²) in [6.07, 6.45) is 0.644. The molecule has 2 N–H and O–H groups in total. The minimum Gasteiger partial charge on any atom is -0.330 e. The van der Waals surface area contributed by atoms with Crippen molar-refractivity contribution in [1.82, 2.24) is 9.55 Å². The molecule has 1 aromatic rings. The van der Waals surface area contributed by atoms with Gasteiger partial charge in [0.15, 0.2) is 0 Å². The highest BCUT2D eigenvalue weighted by Gasteiger charge is 2.04. The zero-order chi connectivity index (χ0) is 9.84. The Hall–Kier alpha value is -0.870. The van der Waals surface area contributed by atoms with Crippen LogP contribution in [0.1, 0.15) is 12.6 Å². The largest absolute Gasteiger partial charge is 0.349 e. The molecule has 0 aliphatic rings. The molecule has 0 bridgehead atoms. The van der Waals surface area contributed by atoms with Crippen molar-refractivity contribution >= 4 is 11.6 Å². The molecule has 0 unspecified atom stereocenters. The van der Waals surface area contributed by atoms with Crippen LogP contribution < -0.4 is 11.4 Å². The third kappa shape index (κ3) is 2.29. The average molecular weight is 202 g/mol. The first kappa shape index (κ1) is 10.2. The summed E-state index contributed by atoms with van der Waals surface area (Å²) in [6.45, 7) is 2.98. The fourth-order valence-corrected chi connectivity index (χ4v) is 1.41. The van der Waals surface area contributed by atoms with Crippen LogP contribution >= 0.6 is 11.6 Å². The highest BCUT2D eigenvalue weighted by Crippen LogP contribution is 2.05. The molecule has 1 aromatic heterocycles. The standard InChI is InChI=1S/C8H12ClN3O/c1-2-12-6(3-4-10)5-7(9)11-8(12)13/h5H,2-4,10H2,1H3. The van der Waals surface area contributed by atoms with Gasteiger partial charge in [0.1, 0.15) is 5.15 Å². The van der Waals surface area contributed by atoms with Gasteiger partial charge in [-0.05, 0) is 19.5 Å². The molecule has 72 valence electrons. The van der Waals surface area contributed by atoms with Crippen molar-refractivity contribution in [3.05, 3.63) is 27.4 Å². The van der Waals surface area contributed by atoms with Crippen LogP contribution in [0.5, 0.6) is 0 Å². The maximum absolute atomic E-state index is 11.3. The predicted molar refractivity (Wildman–Crippen MR) is 51.9 cm³/mol. The van der Waals surface area contributed by atoms with Crippen molar-refractivity contribution in [3.8, 4) is 0 Å². The third-order valence-corrected chi connectivity index (χ3v) is 1.98. The summed E-state index contributed by atoms with van der Waals surface area (Å²) in [5.74, 6) is 0. The molecular formula is C8H12ClN3O. The Balaban J connectivity index is 3.21. The lowest BCUT2D eigenvalue weighted by molar-refractivity contribution is 0.649. The van der Waals surface area contributed by atoms with Gasteiger partial charge in [0.25, 0.3) is 0 Å². The lowest BCUT2D eigenvalue weighted by atomic mass is 10.3. The summed E-state index contributed by atoms with van der Waals surface area (Å²) >= 11 is 5.65. The molecule has 5 heteroatoms. The first-order valence-electron chi connectivity index (χ1n) is 4.15. The molecule has 0 fully saturated rings. The Morgan fingerprint density at radius 3 is 2.92 bits per heavy atom. The molecule has 0 amide bonds. The van der Waals surface area contributed by atoms with Crippen LogP contribution in [0.4, 0.5) is 0 Å². The number of nitrogens with two attached hydrogens (primary N) is 1. The number of hydrogen-bond donors (Lipinski definition) is 1. The van der Waals surface area contributed by atoms with Gasteiger partial charge >= 0.3 is 5.69 Å². The van der Waals surface area contributed by atoms with Crippen molar-refractivity contribution in [2.24, 2.45) is 5.73 Å². The van der Waals surface area contributed by atoms with Crippen molar-refractivity contribution < 1.29 is 0 Å². The van der Waals surface area contributed by atoms with E-state index in [1.165, 1.54) is 0 Å². The van der Waals surface area contributed by atoms with Gasteiger partial charge in [-0.1, -0.05) is 11.6 Å². The van der Waals surface area contributed by atoms with Gasteiger partial charge in [0, 0.05) is 18.7 Å². The van der Waals surface area contributed by atoms with Gasteiger partial charge in [-0.15, -0.1) is 0 Å². The first-order chi connectivity index (χ1) is 6.19. The molecule has 0 aliphatic carbocycles. The number of rotatable bonds is 3. The van der Waals surface area contributed by atoms with Gasteiger partial charge in [-0.25, -0.2) is 4.79 Å². The molecule has 0 radical (unpaired) electrons. The normalized spacial score (nSPS) is 10.4. The van der Waals surface area contributed by atoms with Crippen LogP contribution in [0.2, 0.25) is 5.15 Å². The van der Waals surface area contributed by atoms with Crippen LogP contribution in [0, 0.1) is 0 Å². The molecular weight excluding hydrogens is 190 g/mol. The second-order valence-electron chi connectivity index (χ2n) is 2.64. The molecule has 0 aromatic carbocycles. The number of halogens is 1. The summed E-state index contributed by atoms with van der Waals surface area (Å²) in [5.41, 5.74) is 5.94. The Morgan fingerprint density at radius 1 is 1.69 bits per heavy atom. The van der Waals surface area contributed by atoms with E-state index in [4.69, 9.17) is 17.3 Å². The fourth-order valence-electron chi connectivity index (χ4n) is 1.22. The lowest BCUT2D eigenvalue weighted by Gasteiger charge is -2.08. The van der Waals surface area contributed by atoms with E-state index in [2.05, 4.69) is 4.98 Å². The molecule has 0 spiro atoms. The maximum Gasteiger partial charge on any atom is 0.349 e. The van der Waals surface area contributed by atoms with Gasteiger partial charge in [0.05, 0.1) is 0 Å². The second kappa shape index (κ2) is 4.39. The summed E-state index contributed by atoms with van der Waals surface area (Å²) in [7, 11) is 0. The van der Waals surface area contributed by atoms with Crippen LogP contribution in [0.15, 0.2) is 10.9 Å². The van der Waals surface area contributed by atoms with E-state index in [-0.39, 0.29) is 10.8 Å². The number of aromatic nitrogens is 2. The van der Waals surface area contributed by atoms with Crippen LogP contribution in [-0.4, -0.2) is 16.1 Å². The van der Waals surface area contributed by atoms with Crippen molar-refractivity contribution in [2.45, 2.75) is 19.9 Å². The Morgan fingerprint density at radius 2 is 2.38 bits per heavy atom. The van der Waals surface area contributed by atoms with E-state index in [1.54, 1.807) is 10.6 Å². The Kier molecular flexibility index (Phi) is 3.45. The van der Waals surface area contributed by atoms with Crippen molar-refractivity contribution in [1.29, 1.82) is 0 Å². The van der Waals surface area contributed by atoms with E-state index in [0.717, 1.165) is 5.69 Å². The predicted octanol–water partition coefficient (Wildman–Crippen LogP) is 0.418. The maximum atomic E-state index is 11.3. The Bertz CT molecular complexity index is 348. The molecule has 1 rings (SSSR count). The monoisotopic (exact) mass is 201 g/mol. The molecule has 4 nitrogen and oxygen atoms in total. The zero-order valence-corrected chi connectivity index (χ0v) is 8.21. The topological polar surface area (TPSA) is 60.9 Å². The second-order valence-corrected chi connectivity index (χ2v) is 3.02. The number of hydrogen-bond acceptors (Lipinski definition) is 3. The van der Waals surface area contributed by atoms with E-state index in [9.17, 15) is 4.79 Å². The van der Waals surface area contributed by atoms with Crippen LogP contribution in [-0.2, 0) is 13.0 Å². The van der Waals surface area contributed by atoms with Gasteiger partial charge in [-0.2, -0.15) is 4.98 Å². The smallest absolute Gasteiger partial charge is 0.330 e. The molecule has 1 heterocycles. The van der Waals surface area contributed by atoms with E-state index >= 15 is 0 Å². The van der Waals surface area contributed by atoms with Crippen LogP contribution in [0.25, 0.3) is 0 Å². The summed E-state index contributed by atoms with van der Waals surface area (Å²) in [5, 5.41) is 0.234. The van der Waals surface area contributed by atoms with Crippen molar-refractivity contribution in [2.75, 3.05) is 6.54 Å². The quantitative estimate of drug-likeness (QED) is 0.721. The van der Waals surface area contributed by atoms with E-state index in [0.29, 0.717) is 19.5 Å². The summed E-state index contributed by atoms with van der Waals surface area (Å²) in [4.78, 5) is 14.9. The van der Waals surface area contributed by atoms with Gasteiger partial charge in [0.2, 0.25) is 0 Å². The lowest BCUT2D eigenvalue weighted by Crippen LogP contribution is -2.26. The minimum absolute atomic E-state index is 0.234. The molecule has 13 heavy (non-hydrogen) atoms. The summed E-state index contributed by atoms with van der Waals surface area (Å²) < 4.78 is 1.57. The fraction of sp³-hybridized carbons (Fsp3) is 0.500. The summed E-state index contributed by atoms with van der Waals surface area (Å²) in [6, 6.07) is 1.68. The molecule has 0 aliphatic heterocycles. The minimum atomic E-state index is -0.307. The van der Waals surface area contributed by atoms with E-state index in [1.807, 2.05) is 6.92 Å². The third-order valence-electron chi connectivity index (χ3n) is 1.78. The number of nitrogens with zero attached hydrogens (tertiary/aromatic N) is 2. The first-order valence-corrected chi connectivity index (χ1v) is 4.53. The van der Waals surface area contributed by atoms with Crippen molar-refractivity contribution in [3.63, 3.8) is 0 Å². The highest BCUT2D eigenvalue weighted by molar-refractivity contribution is 6.29. The SMILES string of the molecule is CCn1c(CCN)cc(Cl)nc1=O. The molecule has 0 saturated heterocycles. The Labute approximate surface area is 81.3 Å². The molecule has 0 atom stereocenters. The zero-order valence-electron chi connectivity index (χ0n) is 7.46. The van der Waals surface area contributed by atoms with Crippen LogP contribution in [0.3, 0.4) is 0 Å². The van der Waals surface area contributed by atoms with Gasteiger partial charge < -0.3 is 5.73 Å². The van der Waals surface area contributed by atoms with E-state index < -0.39 is 0 Å².